The highest BCUT2D eigenvalue weighted by molar-refractivity contribution is 7.99. The van der Waals surface area contributed by atoms with Crippen molar-refractivity contribution in [3.63, 3.8) is 0 Å². The lowest BCUT2D eigenvalue weighted by Gasteiger charge is -2.36. The second-order valence-electron chi connectivity index (χ2n) is 6.05. The minimum absolute atomic E-state index is 0.250. The van der Waals surface area contributed by atoms with Crippen LogP contribution in [0.1, 0.15) is 59.2 Å². The molecule has 2 heterocycles. The van der Waals surface area contributed by atoms with Gasteiger partial charge < -0.3 is 5.43 Å². The second kappa shape index (κ2) is 5.11. The molecule has 1 aromatic rings. The molecule has 102 valence electrons. The van der Waals surface area contributed by atoms with E-state index in [1.165, 1.54) is 0 Å². The minimum Gasteiger partial charge on any atom is -0.318 e. The van der Waals surface area contributed by atoms with Crippen LogP contribution in [0.2, 0.25) is 0 Å². The van der Waals surface area contributed by atoms with E-state index in [1.54, 1.807) is 0 Å². The van der Waals surface area contributed by atoms with E-state index in [2.05, 4.69) is 54.9 Å². The fourth-order valence-electron chi connectivity index (χ4n) is 2.21. The fourth-order valence-corrected chi connectivity index (χ4v) is 3.47. The Morgan fingerprint density at radius 1 is 1.33 bits per heavy atom. The molecule has 0 saturated carbocycles. The Bertz CT molecular complexity index is 404. The normalized spacial score (nSPS) is 19.8. The molecule has 0 aliphatic carbocycles. The van der Waals surface area contributed by atoms with E-state index in [1.807, 2.05) is 11.8 Å². The van der Waals surface area contributed by atoms with Gasteiger partial charge >= 0.3 is 0 Å². The number of hydrogen-bond acceptors (Lipinski definition) is 4. The third kappa shape index (κ3) is 2.51. The summed E-state index contributed by atoms with van der Waals surface area (Å²) in [6.07, 6.45) is 2.22. The molecular weight excluding hydrogens is 244 g/mol. The van der Waals surface area contributed by atoms with Gasteiger partial charge in [-0.2, -0.15) is 0 Å². The maximum absolute atomic E-state index is 4.39. The molecule has 4 nitrogen and oxygen atoms in total. The van der Waals surface area contributed by atoms with Crippen molar-refractivity contribution < 1.29 is 0 Å². The predicted octanol–water partition coefficient (Wildman–Crippen LogP) is 3.25. The Morgan fingerprint density at radius 2 is 2.00 bits per heavy atom. The van der Waals surface area contributed by atoms with E-state index >= 15 is 0 Å². The van der Waals surface area contributed by atoms with Gasteiger partial charge in [0, 0.05) is 11.7 Å². The quantitative estimate of drug-likeness (QED) is 0.914. The third-order valence-electron chi connectivity index (χ3n) is 3.72. The number of nitrogens with one attached hydrogen (secondary N) is 1. The van der Waals surface area contributed by atoms with Gasteiger partial charge in [-0.3, -0.25) is 0 Å². The summed E-state index contributed by atoms with van der Waals surface area (Å²) in [5, 5.41) is 9.70. The van der Waals surface area contributed by atoms with E-state index in [4.69, 9.17) is 0 Å². The number of fused-ring (bicyclic) bond motifs is 1. The Morgan fingerprint density at radius 3 is 2.56 bits per heavy atom. The van der Waals surface area contributed by atoms with Crippen LogP contribution < -0.4 is 5.43 Å². The van der Waals surface area contributed by atoms with Crippen molar-refractivity contribution in [3.05, 3.63) is 5.82 Å². The van der Waals surface area contributed by atoms with Gasteiger partial charge in [-0.15, -0.1) is 10.2 Å². The van der Waals surface area contributed by atoms with Gasteiger partial charge in [-0.25, -0.2) is 4.68 Å². The molecule has 0 amide bonds. The van der Waals surface area contributed by atoms with Crippen LogP contribution in [0.4, 0.5) is 0 Å². The van der Waals surface area contributed by atoms with Crippen LogP contribution in [0.5, 0.6) is 0 Å². The molecule has 0 bridgehead atoms. The Balaban J connectivity index is 2.27. The zero-order valence-corrected chi connectivity index (χ0v) is 12.8. The van der Waals surface area contributed by atoms with Crippen molar-refractivity contribution in [2.75, 3.05) is 11.2 Å². The molecule has 1 aliphatic rings. The SMILES string of the molecule is CCC(CC)c1nnc2n1NC(C(C)(C)C)CS2. The molecule has 0 radical (unpaired) electrons. The van der Waals surface area contributed by atoms with Gasteiger partial charge in [0.25, 0.3) is 0 Å². The summed E-state index contributed by atoms with van der Waals surface area (Å²) in [4.78, 5) is 0. The zero-order valence-electron chi connectivity index (χ0n) is 12.0. The van der Waals surface area contributed by atoms with Crippen LogP contribution >= 0.6 is 11.8 Å². The predicted molar refractivity (Wildman–Crippen MR) is 76.7 cm³/mol. The summed E-state index contributed by atoms with van der Waals surface area (Å²) >= 11 is 1.81. The maximum atomic E-state index is 4.39. The van der Waals surface area contributed by atoms with Crippen molar-refractivity contribution >= 4 is 11.8 Å². The first-order valence-corrected chi connectivity index (χ1v) is 7.80. The van der Waals surface area contributed by atoms with Crippen molar-refractivity contribution in [2.24, 2.45) is 5.41 Å². The Labute approximate surface area is 114 Å². The lowest BCUT2D eigenvalue weighted by atomic mass is 9.88. The molecule has 5 heteroatoms. The van der Waals surface area contributed by atoms with Gasteiger partial charge in [0.1, 0.15) is 0 Å². The van der Waals surface area contributed by atoms with Gasteiger partial charge in [-0.1, -0.05) is 46.4 Å². The summed E-state index contributed by atoms with van der Waals surface area (Å²) in [5.41, 5.74) is 3.86. The first-order valence-electron chi connectivity index (χ1n) is 6.82. The lowest BCUT2D eigenvalue weighted by Crippen LogP contribution is -2.44. The Hall–Kier alpha value is -0.710. The second-order valence-corrected chi connectivity index (χ2v) is 7.04. The average Bonchev–Trinajstić information content (AvgIpc) is 2.73. The topological polar surface area (TPSA) is 42.7 Å². The summed E-state index contributed by atoms with van der Waals surface area (Å²) < 4.78 is 2.13. The molecule has 2 rings (SSSR count). The van der Waals surface area contributed by atoms with Crippen molar-refractivity contribution in [1.82, 2.24) is 14.9 Å². The average molecular weight is 268 g/mol. The first-order chi connectivity index (χ1) is 8.47. The number of nitrogens with zero attached hydrogens (tertiary/aromatic N) is 3. The third-order valence-corrected chi connectivity index (χ3v) is 4.74. The lowest BCUT2D eigenvalue weighted by molar-refractivity contribution is 0.333. The first kappa shape index (κ1) is 13.7. The maximum Gasteiger partial charge on any atom is 0.210 e. The van der Waals surface area contributed by atoms with E-state index in [-0.39, 0.29) is 5.41 Å². The fraction of sp³-hybridized carbons (Fsp3) is 0.846. The van der Waals surface area contributed by atoms with Crippen molar-refractivity contribution in [1.29, 1.82) is 0 Å². The van der Waals surface area contributed by atoms with Crippen molar-refractivity contribution in [2.45, 2.75) is 64.6 Å². The number of thioether (sulfide) groups is 1. The monoisotopic (exact) mass is 268 g/mol. The smallest absolute Gasteiger partial charge is 0.210 e. The highest BCUT2D eigenvalue weighted by atomic mass is 32.2. The molecule has 1 unspecified atom stereocenters. The van der Waals surface area contributed by atoms with Crippen LogP contribution in [0.25, 0.3) is 0 Å². The molecule has 0 aromatic carbocycles. The van der Waals surface area contributed by atoms with Crippen LogP contribution in [0.15, 0.2) is 5.16 Å². The van der Waals surface area contributed by atoms with Crippen molar-refractivity contribution in [3.8, 4) is 0 Å². The van der Waals surface area contributed by atoms with E-state index in [0.717, 1.165) is 29.6 Å². The largest absolute Gasteiger partial charge is 0.318 e. The molecule has 1 N–H and O–H groups in total. The van der Waals surface area contributed by atoms with Crippen LogP contribution in [0, 0.1) is 5.41 Å². The zero-order chi connectivity index (χ0) is 13.3. The van der Waals surface area contributed by atoms with Gasteiger partial charge in [0.15, 0.2) is 5.82 Å². The molecule has 0 spiro atoms. The molecule has 1 aliphatic heterocycles. The molecule has 18 heavy (non-hydrogen) atoms. The minimum atomic E-state index is 0.250. The van der Waals surface area contributed by atoms with Crippen LogP contribution in [-0.2, 0) is 0 Å². The molecule has 1 atom stereocenters. The summed E-state index contributed by atoms with van der Waals surface area (Å²) in [7, 11) is 0. The number of hydrogen-bond donors (Lipinski definition) is 1. The molecule has 0 saturated heterocycles. The summed E-state index contributed by atoms with van der Waals surface area (Å²) in [6, 6.07) is 0.458. The van der Waals surface area contributed by atoms with Crippen LogP contribution in [-0.4, -0.2) is 26.7 Å². The van der Waals surface area contributed by atoms with Gasteiger partial charge in [0.05, 0.1) is 6.04 Å². The number of rotatable bonds is 3. The highest BCUT2D eigenvalue weighted by Crippen LogP contribution is 2.33. The van der Waals surface area contributed by atoms with E-state index in [9.17, 15) is 0 Å². The molecular formula is C13H24N4S. The summed E-state index contributed by atoms with van der Waals surface area (Å²) in [5.74, 6) is 2.65. The Kier molecular flexibility index (Phi) is 3.90. The van der Waals surface area contributed by atoms with Gasteiger partial charge in [0.2, 0.25) is 5.16 Å². The summed E-state index contributed by atoms with van der Waals surface area (Å²) in [6.45, 7) is 11.3. The standard InChI is InChI=1S/C13H24N4S/c1-6-9(7-2)11-14-15-12-17(11)16-10(8-18-12)13(3,4)5/h9-10,16H,6-8H2,1-5H3. The van der Waals surface area contributed by atoms with Gasteiger partial charge in [-0.05, 0) is 18.3 Å². The number of aromatic nitrogens is 3. The van der Waals surface area contributed by atoms with E-state index in [0.29, 0.717) is 12.0 Å². The molecule has 0 fully saturated rings. The molecule has 1 aromatic heterocycles. The highest BCUT2D eigenvalue weighted by Gasteiger charge is 2.32. The van der Waals surface area contributed by atoms with E-state index < -0.39 is 0 Å². The van der Waals surface area contributed by atoms with Crippen LogP contribution in [0.3, 0.4) is 0 Å².